The summed E-state index contributed by atoms with van der Waals surface area (Å²) in [6.07, 6.45) is 5.02. The van der Waals surface area contributed by atoms with Gasteiger partial charge in [0.25, 0.3) is 5.91 Å². The molecular formula is C15H23N2O+. The van der Waals surface area contributed by atoms with Gasteiger partial charge in [0.15, 0.2) is 6.04 Å². The van der Waals surface area contributed by atoms with Gasteiger partial charge in [0.2, 0.25) is 0 Å². The highest BCUT2D eigenvalue weighted by Crippen LogP contribution is 2.23. The zero-order valence-electron chi connectivity index (χ0n) is 11.3. The van der Waals surface area contributed by atoms with Crippen molar-refractivity contribution in [1.29, 1.82) is 0 Å². The molecule has 0 aromatic heterocycles. The molecule has 0 heterocycles. The molecule has 4 N–H and O–H groups in total. The standard InChI is InChI=1S/C15H22N2O/c1-10(17-11(2)15(16)18)13-8-7-12-5-3-4-6-14(12)9-13/h7-11,17H,3-6H2,1-2H3,(H2,16,18)/p+1/t10-,11+/m0/s1. The number of rotatable bonds is 4. The maximum atomic E-state index is 11.1. The van der Waals surface area contributed by atoms with Crippen molar-refractivity contribution in [1.82, 2.24) is 0 Å². The number of nitrogens with two attached hydrogens (primary N) is 2. The molecule has 1 aliphatic rings. The van der Waals surface area contributed by atoms with Crippen LogP contribution >= 0.6 is 0 Å². The van der Waals surface area contributed by atoms with Crippen LogP contribution in [0, 0.1) is 0 Å². The predicted molar refractivity (Wildman–Crippen MR) is 72.1 cm³/mol. The van der Waals surface area contributed by atoms with E-state index in [0.717, 1.165) is 0 Å². The summed E-state index contributed by atoms with van der Waals surface area (Å²) in [7, 11) is 0. The van der Waals surface area contributed by atoms with Gasteiger partial charge in [0, 0.05) is 5.56 Å². The number of hydrogen-bond acceptors (Lipinski definition) is 1. The molecule has 1 aromatic rings. The van der Waals surface area contributed by atoms with Crippen molar-refractivity contribution in [2.24, 2.45) is 5.73 Å². The molecule has 3 heteroatoms. The fourth-order valence-corrected chi connectivity index (χ4v) is 2.68. The van der Waals surface area contributed by atoms with Crippen LogP contribution in [0.5, 0.6) is 0 Å². The first-order chi connectivity index (χ1) is 8.58. The Morgan fingerprint density at radius 1 is 1.22 bits per heavy atom. The summed E-state index contributed by atoms with van der Waals surface area (Å²) in [5.41, 5.74) is 9.59. The summed E-state index contributed by atoms with van der Waals surface area (Å²) in [6.45, 7) is 3.99. The first kappa shape index (κ1) is 13.1. The van der Waals surface area contributed by atoms with Crippen LogP contribution in [0.25, 0.3) is 0 Å². The Hall–Kier alpha value is -1.35. The van der Waals surface area contributed by atoms with Gasteiger partial charge in [0.1, 0.15) is 6.04 Å². The van der Waals surface area contributed by atoms with Crippen LogP contribution in [0.15, 0.2) is 18.2 Å². The van der Waals surface area contributed by atoms with Crippen molar-refractivity contribution in [2.45, 2.75) is 51.6 Å². The molecule has 0 radical (unpaired) electrons. The van der Waals surface area contributed by atoms with Gasteiger partial charge in [-0.05, 0) is 56.7 Å². The minimum atomic E-state index is -0.250. The lowest BCUT2D eigenvalue weighted by atomic mass is 9.89. The van der Waals surface area contributed by atoms with Crippen LogP contribution < -0.4 is 11.1 Å². The molecule has 0 fully saturated rings. The number of aryl methyl sites for hydroxylation is 2. The van der Waals surface area contributed by atoms with Crippen LogP contribution in [0.4, 0.5) is 0 Å². The summed E-state index contributed by atoms with van der Waals surface area (Å²) >= 11 is 0. The first-order valence-electron chi connectivity index (χ1n) is 6.84. The molecule has 1 aromatic carbocycles. The zero-order valence-corrected chi connectivity index (χ0v) is 11.3. The maximum absolute atomic E-state index is 11.1. The number of carbonyl (C=O) groups excluding carboxylic acids is 1. The summed E-state index contributed by atoms with van der Waals surface area (Å²) < 4.78 is 0. The molecule has 18 heavy (non-hydrogen) atoms. The van der Waals surface area contributed by atoms with Gasteiger partial charge < -0.3 is 11.1 Å². The van der Waals surface area contributed by atoms with E-state index in [1.807, 2.05) is 12.2 Å². The van der Waals surface area contributed by atoms with E-state index in [1.165, 1.54) is 42.4 Å². The second kappa shape index (κ2) is 5.53. The molecule has 2 atom stereocenters. The van der Waals surface area contributed by atoms with Gasteiger partial charge in [-0.2, -0.15) is 0 Å². The molecule has 2 rings (SSSR count). The first-order valence-corrected chi connectivity index (χ1v) is 6.84. The molecule has 0 aliphatic heterocycles. The third-order valence-corrected chi connectivity index (χ3v) is 3.92. The Bertz CT molecular complexity index is 442. The molecule has 3 nitrogen and oxygen atoms in total. The number of primary amides is 1. The van der Waals surface area contributed by atoms with Gasteiger partial charge in [-0.1, -0.05) is 12.1 Å². The van der Waals surface area contributed by atoms with Gasteiger partial charge in [0.05, 0.1) is 0 Å². The van der Waals surface area contributed by atoms with Crippen LogP contribution in [-0.4, -0.2) is 11.9 Å². The Balaban J connectivity index is 2.11. The third-order valence-electron chi connectivity index (χ3n) is 3.92. The zero-order chi connectivity index (χ0) is 13.1. The van der Waals surface area contributed by atoms with Crippen molar-refractivity contribution in [3.8, 4) is 0 Å². The molecule has 0 spiro atoms. The van der Waals surface area contributed by atoms with Crippen molar-refractivity contribution in [3.63, 3.8) is 0 Å². The highest BCUT2D eigenvalue weighted by atomic mass is 16.1. The van der Waals surface area contributed by atoms with E-state index >= 15 is 0 Å². The van der Waals surface area contributed by atoms with Crippen molar-refractivity contribution < 1.29 is 10.1 Å². The molecular weight excluding hydrogens is 224 g/mol. The SMILES string of the molecule is C[C@H]([NH2+][C@H](C)C(N)=O)c1ccc2c(c1)CCCC2. The predicted octanol–water partition coefficient (Wildman–Crippen LogP) is 1.06. The van der Waals surface area contributed by atoms with Gasteiger partial charge in [-0.3, -0.25) is 4.79 Å². The van der Waals surface area contributed by atoms with Crippen LogP contribution in [-0.2, 0) is 17.6 Å². The number of hydrogen-bond donors (Lipinski definition) is 2. The van der Waals surface area contributed by atoms with E-state index in [0.29, 0.717) is 0 Å². The Morgan fingerprint density at radius 2 is 1.89 bits per heavy atom. The molecule has 0 saturated heterocycles. The Morgan fingerprint density at radius 3 is 2.56 bits per heavy atom. The maximum Gasteiger partial charge on any atom is 0.275 e. The fraction of sp³-hybridized carbons (Fsp3) is 0.533. The van der Waals surface area contributed by atoms with Crippen molar-refractivity contribution in [2.75, 3.05) is 0 Å². The molecule has 0 saturated carbocycles. The summed E-state index contributed by atoms with van der Waals surface area (Å²) in [4.78, 5) is 11.1. The van der Waals surface area contributed by atoms with E-state index in [4.69, 9.17) is 5.73 Å². The van der Waals surface area contributed by atoms with Crippen LogP contribution in [0.3, 0.4) is 0 Å². The molecule has 0 unspecified atom stereocenters. The van der Waals surface area contributed by atoms with Gasteiger partial charge >= 0.3 is 0 Å². The number of amides is 1. The third kappa shape index (κ3) is 2.91. The second-order valence-electron chi connectivity index (χ2n) is 5.41. The van der Waals surface area contributed by atoms with Gasteiger partial charge in [-0.25, -0.2) is 0 Å². The van der Waals surface area contributed by atoms with E-state index in [2.05, 4.69) is 25.1 Å². The smallest absolute Gasteiger partial charge is 0.275 e. The summed E-state index contributed by atoms with van der Waals surface area (Å²) in [5, 5.41) is 2.03. The van der Waals surface area contributed by atoms with E-state index in [1.54, 1.807) is 0 Å². The van der Waals surface area contributed by atoms with E-state index in [-0.39, 0.29) is 18.0 Å². The number of carbonyl (C=O) groups is 1. The quantitative estimate of drug-likeness (QED) is 0.821. The average molecular weight is 247 g/mol. The highest BCUT2D eigenvalue weighted by Gasteiger charge is 2.19. The Labute approximate surface area is 109 Å². The van der Waals surface area contributed by atoms with Crippen molar-refractivity contribution in [3.05, 3.63) is 34.9 Å². The van der Waals surface area contributed by atoms with Gasteiger partial charge in [-0.15, -0.1) is 0 Å². The molecule has 1 amide bonds. The molecule has 1 aliphatic carbocycles. The van der Waals surface area contributed by atoms with Crippen LogP contribution in [0.1, 0.15) is 49.4 Å². The van der Waals surface area contributed by atoms with E-state index in [9.17, 15) is 4.79 Å². The monoisotopic (exact) mass is 247 g/mol. The average Bonchev–Trinajstić information content (AvgIpc) is 2.37. The van der Waals surface area contributed by atoms with Crippen LogP contribution in [0.2, 0.25) is 0 Å². The second-order valence-corrected chi connectivity index (χ2v) is 5.41. The normalized spacial score (nSPS) is 17.9. The summed E-state index contributed by atoms with van der Waals surface area (Å²) in [5.74, 6) is -0.250. The molecule has 98 valence electrons. The summed E-state index contributed by atoms with van der Waals surface area (Å²) in [6, 6.07) is 6.86. The Kier molecular flexibility index (Phi) is 4.02. The van der Waals surface area contributed by atoms with E-state index < -0.39 is 0 Å². The topological polar surface area (TPSA) is 59.7 Å². The minimum absolute atomic E-state index is 0.170. The lowest BCUT2D eigenvalue weighted by Crippen LogP contribution is -2.92. The number of fused-ring (bicyclic) bond motifs is 1. The minimum Gasteiger partial charge on any atom is -0.365 e. The molecule has 0 bridgehead atoms. The lowest BCUT2D eigenvalue weighted by Gasteiger charge is -2.19. The fourth-order valence-electron chi connectivity index (χ4n) is 2.68. The highest BCUT2D eigenvalue weighted by molar-refractivity contribution is 5.77. The largest absolute Gasteiger partial charge is 0.365 e. The van der Waals surface area contributed by atoms with Crippen molar-refractivity contribution >= 4 is 5.91 Å². The lowest BCUT2D eigenvalue weighted by molar-refractivity contribution is -0.710. The number of benzene rings is 1. The number of quaternary nitrogens is 1.